The molecule has 3 heteroatoms. The molecule has 3 nitrogen and oxygen atoms in total. The van der Waals surface area contributed by atoms with Gasteiger partial charge in [0.1, 0.15) is 11.1 Å². The van der Waals surface area contributed by atoms with E-state index in [0.717, 1.165) is 55.5 Å². The average molecular weight is 665 g/mol. The van der Waals surface area contributed by atoms with E-state index in [-0.39, 0.29) is 0 Å². The van der Waals surface area contributed by atoms with E-state index in [0.29, 0.717) is 0 Å². The van der Waals surface area contributed by atoms with Crippen molar-refractivity contribution in [3.05, 3.63) is 194 Å². The van der Waals surface area contributed by atoms with Crippen molar-refractivity contribution in [2.24, 2.45) is 0 Å². The number of nitrogens with zero attached hydrogens (tertiary/aromatic N) is 2. The second-order valence-electron chi connectivity index (χ2n) is 13.1. The molecule has 0 fully saturated rings. The summed E-state index contributed by atoms with van der Waals surface area (Å²) in [6.07, 6.45) is 1.83. The molecule has 0 atom stereocenters. The molecule has 0 aliphatic carbocycles. The molecule has 2 heterocycles. The van der Waals surface area contributed by atoms with Gasteiger partial charge in [0, 0.05) is 28.3 Å². The van der Waals surface area contributed by atoms with Crippen LogP contribution in [0.2, 0.25) is 0 Å². The first-order valence-corrected chi connectivity index (χ1v) is 17.6. The molecule has 0 radical (unpaired) electrons. The maximum Gasteiger partial charge on any atom is 0.161 e. The summed E-state index contributed by atoms with van der Waals surface area (Å²) in [5, 5.41) is 5.58. The van der Waals surface area contributed by atoms with Crippen LogP contribution in [0.25, 0.3) is 77.0 Å². The van der Waals surface area contributed by atoms with E-state index in [1.165, 1.54) is 38.6 Å². The molecule has 52 heavy (non-hydrogen) atoms. The molecule has 0 amide bonds. The molecule has 0 aliphatic heterocycles. The van der Waals surface area contributed by atoms with Gasteiger partial charge in [0.05, 0.1) is 11.1 Å². The summed E-state index contributed by atoms with van der Waals surface area (Å²) in [5.41, 5.74) is 12.7. The van der Waals surface area contributed by atoms with Crippen LogP contribution in [0.4, 0.5) is 17.1 Å². The van der Waals surface area contributed by atoms with E-state index in [9.17, 15) is 0 Å². The zero-order chi connectivity index (χ0) is 34.4. The number of hydrogen-bond acceptors (Lipinski definition) is 3. The first-order valence-electron chi connectivity index (χ1n) is 17.6. The molecule has 0 saturated carbocycles. The Hall–Kier alpha value is -6.97. The van der Waals surface area contributed by atoms with Gasteiger partial charge in [-0.1, -0.05) is 140 Å². The Labute approximate surface area is 301 Å². The van der Waals surface area contributed by atoms with Crippen LogP contribution in [0.3, 0.4) is 0 Å². The number of rotatable bonds is 6. The third-order valence-corrected chi connectivity index (χ3v) is 10.1. The average Bonchev–Trinajstić information content (AvgIpc) is 3.62. The molecular formula is C49H32N2O. The van der Waals surface area contributed by atoms with Gasteiger partial charge >= 0.3 is 0 Å². The van der Waals surface area contributed by atoms with E-state index in [2.05, 4.69) is 187 Å². The van der Waals surface area contributed by atoms with Crippen LogP contribution in [0.5, 0.6) is 0 Å². The predicted octanol–water partition coefficient (Wildman–Crippen LogP) is 13.8. The molecule has 0 spiro atoms. The minimum atomic E-state index is 0.800. The zero-order valence-electron chi connectivity index (χ0n) is 28.3. The second kappa shape index (κ2) is 12.4. The number of benzene rings is 8. The first-order chi connectivity index (χ1) is 25.8. The fraction of sp³-hybridized carbons (Fsp3) is 0. The van der Waals surface area contributed by atoms with Gasteiger partial charge in [-0.15, -0.1) is 0 Å². The summed E-state index contributed by atoms with van der Waals surface area (Å²) in [5.74, 6) is 0. The molecular weight excluding hydrogens is 633 g/mol. The first kappa shape index (κ1) is 29.9. The lowest BCUT2D eigenvalue weighted by Gasteiger charge is -2.28. The minimum Gasteiger partial charge on any atom is -0.454 e. The van der Waals surface area contributed by atoms with E-state index in [4.69, 9.17) is 9.40 Å². The number of anilines is 3. The Kier molecular flexibility index (Phi) is 7.14. The van der Waals surface area contributed by atoms with Crippen molar-refractivity contribution in [2.75, 3.05) is 4.90 Å². The van der Waals surface area contributed by atoms with Crippen LogP contribution >= 0.6 is 0 Å². The van der Waals surface area contributed by atoms with E-state index in [1.807, 2.05) is 12.3 Å². The van der Waals surface area contributed by atoms with Crippen molar-refractivity contribution in [3.63, 3.8) is 0 Å². The second-order valence-corrected chi connectivity index (χ2v) is 13.1. The summed E-state index contributed by atoms with van der Waals surface area (Å²) in [6.45, 7) is 0. The summed E-state index contributed by atoms with van der Waals surface area (Å²) in [6, 6.07) is 67.0. The van der Waals surface area contributed by atoms with Crippen molar-refractivity contribution >= 4 is 60.7 Å². The highest BCUT2D eigenvalue weighted by Crippen LogP contribution is 2.47. The van der Waals surface area contributed by atoms with Crippen LogP contribution in [0, 0.1) is 0 Å². The third-order valence-electron chi connectivity index (χ3n) is 10.1. The Morgan fingerprint density at radius 3 is 2.02 bits per heavy atom. The highest BCUT2D eigenvalue weighted by atomic mass is 16.3. The van der Waals surface area contributed by atoms with Gasteiger partial charge in [0.2, 0.25) is 0 Å². The molecule has 0 saturated heterocycles. The number of hydrogen-bond donors (Lipinski definition) is 0. The number of aromatic nitrogens is 1. The van der Waals surface area contributed by atoms with Gasteiger partial charge < -0.3 is 9.32 Å². The summed E-state index contributed by atoms with van der Waals surface area (Å²) >= 11 is 0. The lowest BCUT2D eigenvalue weighted by molar-refractivity contribution is 0.671. The summed E-state index contributed by atoms with van der Waals surface area (Å²) in [7, 11) is 0. The number of fused-ring (bicyclic) bond motifs is 6. The third kappa shape index (κ3) is 5.02. The quantitative estimate of drug-likeness (QED) is 0.177. The normalized spacial score (nSPS) is 11.5. The van der Waals surface area contributed by atoms with Crippen LogP contribution in [-0.2, 0) is 0 Å². The lowest BCUT2D eigenvalue weighted by atomic mass is 9.90. The summed E-state index contributed by atoms with van der Waals surface area (Å²) < 4.78 is 6.65. The van der Waals surface area contributed by atoms with Gasteiger partial charge in [-0.2, -0.15) is 0 Å². The number of furan rings is 1. The Morgan fingerprint density at radius 2 is 1.13 bits per heavy atom. The largest absolute Gasteiger partial charge is 0.454 e. The van der Waals surface area contributed by atoms with Crippen molar-refractivity contribution in [3.8, 4) is 33.4 Å². The maximum absolute atomic E-state index is 6.65. The fourth-order valence-corrected chi connectivity index (χ4v) is 7.70. The molecule has 8 aromatic carbocycles. The van der Waals surface area contributed by atoms with Crippen molar-refractivity contribution in [1.82, 2.24) is 4.98 Å². The Balaban J connectivity index is 1.27. The summed E-state index contributed by atoms with van der Waals surface area (Å²) in [4.78, 5) is 7.13. The standard InChI is InChI=1S/C49H32N2O/c1-3-13-33(14-4-1)37-19-9-21-38(31-37)51(45-24-11-25-46-47(45)43-28-26-36-20-12-30-50-48(36)49(43)52-46)39-27-29-41(34-15-5-2-6-16-34)44(32-39)42-23-10-18-35-17-7-8-22-40(35)42/h1-32H. The molecule has 10 rings (SSSR count). The monoisotopic (exact) mass is 664 g/mol. The van der Waals surface area contributed by atoms with E-state index in [1.54, 1.807) is 0 Å². The van der Waals surface area contributed by atoms with Crippen LogP contribution in [0.15, 0.2) is 199 Å². The van der Waals surface area contributed by atoms with E-state index >= 15 is 0 Å². The minimum absolute atomic E-state index is 0.800. The van der Waals surface area contributed by atoms with Gasteiger partial charge in [-0.3, -0.25) is 4.98 Å². The Morgan fingerprint density at radius 1 is 0.423 bits per heavy atom. The number of pyridine rings is 1. The molecule has 10 aromatic rings. The Bertz CT molecular complexity index is 2910. The topological polar surface area (TPSA) is 29.3 Å². The molecule has 244 valence electrons. The van der Waals surface area contributed by atoms with Gasteiger partial charge in [-0.05, 0) is 92.7 Å². The van der Waals surface area contributed by atoms with Crippen molar-refractivity contribution in [2.45, 2.75) is 0 Å². The van der Waals surface area contributed by atoms with Crippen LogP contribution in [-0.4, -0.2) is 4.98 Å². The maximum atomic E-state index is 6.65. The lowest BCUT2D eigenvalue weighted by Crippen LogP contribution is -2.11. The molecule has 2 aromatic heterocycles. The van der Waals surface area contributed by atoms with Gasteiger partial charge in [0.15, 0.2) is 5.58 Å². The molecule has 0 unspecified atom stereocenters. The molecule has 0 aliphatic rings. The smallest absolute Gasteiger partial charge is 0.161 e. The fourth-order valence-electron chi connectivity index (χ4n) is 7.70. The SMILES string of the molecule is c1ccc(-c2cccc(N(c3ccc(-c4ccccc4)c(-c4cccc5ccccc45)c3)c3cccc4oc5c(ccc6cccnc65)c34)c2)cc1. The highest BCUT2D eigenvalue weighted by molar-refractivity contribution is 6.19. The predicted molar refractivity (Wildman–Crippen MR) is 218 cm³/mol. The van der Waals surface area contributed by atoms with Crippen LogP contribution in [0.1, 0.15) is 0 Å². The van der Waals surface area contributed by atoms with Crippen LogP contribution < -0.4 is 4.90 Å². The van der Waals surface area contributed by atoms with Crippen molar-refractivity contribution < 1.29 is 4.42 Å². The van der Waals surface area contributed by atoms with Crippen molar-refractivity contribution in [1.29, 1.82) is 0 Å². The molecule has 0 bridgehead atoms. The molecule has 0 N–H and O–H groups in total. The zero-order valence-corrected chi connectivity index (χ0v) is 28.3. The van der Waals surface area contributed by atoms with Gasteiger partial charge in [-0.25, -0.2) is 0 Å². The highest BCUT2D eigenvalue weighted by Gasteiger charge is 2.22. The van der Waals surface area contributed by atoms with Gasteiger partial charge in [0.25, 0.3) is 0 Å². The van der Waals surface area contributed by atoms with E-state index < -0.39 is 0 Å².